The average molecular weight is 401 g/mol. The van der Waals surface area contributed by atoms with Crippen LogP contribution in [0.1, 0.15) is 51.0 Å². The molecule has 0 spiro atoms. The highest BCUT2D eigenvalue weighted by molar-refractivity contribution is 6.35. The minimum absolute atomic E-state index is 0.170. The molecule has 6 nitrogen and oxygen atoms in total. The quantitative estimate of drug-likeness (QED) is 0.445. The smallest absolute Gasteiger partial charge is 0.277 e. The number of piperidine rings is 1. The van der Waals surface area contributed by atoms with Gasteiger partial charge in [-0.1, -0.05) is 25.5 Å². The summed E-state index contributed by atoms with van der Waals surface area (Å²) in [6.45, 7) is 5.45. The van der Waals surface area contributed by atoms with E-state index >= 15 is 0 Å². The van der Waals surface area contributed by atoms with Gasteiger partial charge in [0.25, 0.3) is 11.8 Å². The summed E-state index contributed by atoms with van der Waals surface area (Å²) in [6, 6.07) is 7.39. The highest BCUT2D eigenvalue weighted by Crippen LogP contribution is 2.33. The van der Waals surface area contributed by atoms with E-state index in [2.05, 4.69) is 11.8 Å². The molecule has 0 aromatic heterocycles. The number of methoxy groups -OCH3 is 1. The summed E-state index contributed by atoms with van der Waals surface area (Å²) in [5.74, 6) is 0.359. The van der Waals surface area contributed by atoms with Gasteiger partial charge in [-0.2, -0.15) is 0 Å². The SMILES string of the molecule is CCCCOCCCN1C(=O)C(c2ccc(OC)cc2)=C(N2CCCCC2)C1=O. The fraction of sp³-hybridized carbons (Fsp3) is 0.565. The van der Waals surface area contributed by atoms with Crippen molar-refractivity contribution < 1.29 is 19.1 Å². The molecule has 0 atom stereocenters. The first-order valence-electron chi connectivity index (χ1n) is 10.7. The Bertz CT molecular complexity index is 736. The van der Waals surface area contributed by atoms with Crippen LogP contribution in [0.15, 0.2) is 30.0 Å². The lowest BCUT2D eigenvalue weighted by Gasteiger charge is -2.29. The number of rotatable bonds is 10. The van der Waals surface area contributed by atoms with Crippen molar-refractivity contribution in [2.45, 2.75) is 45.4 Å². The van der Waals surface area contributed by atoms with E-state index < -0.39 is 0 Å². The molecule has 1 aromatic carbocycles. The van der Waals surface area contributed by atoms with Crippen LogP contribution in [0.3, 0.4) is 0 Å². The zero-order chi connectivity index (χ0) is 20.6. The molecule has 0 radical (unpaired) electrons. The normalized spacial score (nSPS) is 17.4. The molecule has 2 amide bonds. The van der Waals surface area contributed by atoms with Crippen molar-refractivity contribution in [3.8, 4) is 5.75 Å². The summed E-state index contributed by atoms with van der Waals surface area (Å²) < 4.78 is 10.8. The Morgan fingerprint density at radius 3 is 2.28 bits per heavy atom. The molecule has 0 bridgehead atoms. The van der Waals surface area contributed by atoms with E-state index in [0.717, 1.165) is 56.7 Å². The second kappa shape index (κ2) is 10.4. The first-order valence-corrected chi connectivity index (χ1v) is 10.7. The van der Waals surface area contributed by atoms with E-state index in [-0.39, 0.29) is 11.8 Å². The molecule has 1 fully saturated rings. The van der Waals surface area contributed by atoms with Gasteiger partial charge in [0.05, 0.1) is 12.7 Å². The van der Waals surface area contributed by atoms with E-state index in [0.29, 0.717) is 30.8 Å². The van der Waals surface area contributed by atoms with Crippen molar-refractivity contribution in [1.82, 2.24) is 9.80 Å². The van der Waals surface area contributed by atoms with Crippen LogP contribution >= 0.6 is 0 Å². The third kappa shape index (κ3) is 4.99. The van der Waals surface area contributed by atoms with Crippen molar-refractivity contribution in [2.24, 2.45) is 0 Å². The van der Waals surface area contributed by atoms with E-state index in [1.807, 2.05) is 24.3 Å². The molecule has 6 heteroatoms. The van der Waals surface area contributed by atoms with E-state index in [1.165, 1.54) is 11.3 Å². The molecule has 0 unspecified atom stereocenters. The second-order valence-corrected chi connectivity index (χ2v) is 7.58. The third-order valence-electron chi connectivity index (χ3n) is 5.51. The molecule has 2 heterocycles. The van der Waals surface area contributed by atoms with Crippen molar-refractivity contribution in [2.75, 3.05) is 40.0 Å². The van der Waals surface area contributed by atoms with E-state index in [1.54, 1.807) is 7.11 Å². The van der Waals surface area contributed by atoms with Gasteiger partial charge in [-0.15, -0.1) is 0 Å². The summed E-state index contributed by atoms with van der Waals surface area (Å²) in [5, 5.41) is 0. The summed E-state index contributed by atoms with van der Waals surface area (Å²) in [6.07, 6.45) is 6.05. The molecule has 2 aliphatic rings. The summed E-state index contributed by atoms with van der Waals surface area (Å²) in [5.41, 5.74) is 1.85. The molecule has 0 N–H and O–H groups in total. The third-order valence-corrected chi connectivity index (χ3v) is 5.51. The number of carbonyl (C=O) groups excluding carboxylic acids is 2. The topological polar surface area (TPSA) is 59.1 Å². The number of benzene rings is 1. The monoisotopic (exact) mass is 400 g/mol. The van der Waals surface area contributed by atoms with E-state index in [9.17, 15) is 9.59 Å². The van der Waals surface area contributed by atoms with Crippen LogP contribution in [0.25, 0.3) is 5.57 Å². The number of amides is 2. The number of carbonyl (C=O) groups is 2. The first-order chi connectivity index (χ1) is 14.2. The van der Waals surface area contributed by atoms with E-state index in [4.69, 9.17) is 9.47 Å². The highest BCUT2D eigenvalue weighted by Gasteiger charge is 2.41. The number of likely N-dealkylation sites (tertiary alicyclic amines) is 1. The van der Waals surface area contributed by atoms with Crippen molar-refractivity contribution in [1.29, 1.82) is 0 Å². The van der Waals surface area contributed by atoms with Crippen molar-refractivity contribution in [3.63, 3.8) is 0 Å². The molecule has 0 saturated carbocycles. The average Bonchev–Trinajstić information content (AvgIpc) is 3.01. The fourth-order valence-electron chi connectivity index (χ4n) is 3.87. The van der Waals surface area contributed by atoms with Crippen LogP contribution in [-0.2, 0) is 14.3 Å². The van der Waals surface area contributed by atoms with Crippen LogP contribution in [0.2, 0.25) is 0 Å². The van der Waals surface area contributed by atoms with Crippen LogP contribution < -0.4 is 4.74 Å². The van der Waals surface area contributed by atoms with Gasteiger partial charge in [0.1, 0.15) is 11.4 Å². The summed E-state index contributed by atoms with van der Waals surface area (Å²) in [4.78, 5) is 30.0. The standard InChI is InChI=1S/C23H32N2O4/c1-3-4-16-29-17-8-15-25-22(26)20(18-9-11-19(28-2)12-10-18)21(23(25)27)24-13-6-5-7-14-24/h9-12H,3-8,13-17H2,1-2H3. The van der Waals surface area contributed by atoms with Gasteiger partial charge in [-0.05, 0) is 49.8 Å². The number of hydrogen-bond acceptors (Lipinski definition) is 5. The maximum absolute atomic E-state index is 13.2. The lowest BCUT2D eigenvalue weighted by molar-refractivity contribution is -0.137. The lowest BCUT2D eigenvalue weighted by atomic mass is 10.0. The Kier molecular flexibility index (Phi) is 7.69. The van der Waals surface area contributed by atoms with Gasteiger partial charge in [0, 0.05) is 32.8 Å². The number of nitrogens with zero attached hydrogens (tertiary/aromatic N) is 2. The van der Waals surface area contributed by atoms with Gasteiger partial charge < -0.3 is 14.4 Å². The highest BCUT2D eigenvalue weighted by atomic mass is 16.5. The Morgan fingerprint density at radius 1 is 0.931 bits per heavy atom. The summed E-state index contributed by atoms with van der Waals surface area (Å²) >= 11 is 0. The Hall–Kier alpha value is -2.34. The van der Waals surface area contributed by atoms with Gasteiger partial charge in [-0.25, -0.2) is 0 Å². The molecular weight excluding hydrogens is 368 g/mol. The van der Waals surface area contributed by atoms with Crippen LogP contribution in [0.4, 0.5) is 0 Å². The predicted octanol–water partition coefficient (Wildman–Crippen LogP) is 3.47. The zero-order valence-electron chi connectivity index (χ0n) is 17.6. The summed E-state index contributed by atoms with van der Waals surface area (Å²) in [7, 11) is 1.61. The maximum Gasteiger partial charge on any atom is 0.277 e. The maximum atomic E-state index is 13.2. The first kappa shape index (κ1) is 21.4. The van der Waals surface area contributed by atoms with Gasteiger partial charge in [0.2, 0.25) is 0 Å². The fourth-order valence-corrected chi connectivity index (χ4v) is 3.87. The molecule has 29 heavy (non-hydrogen) atoms. The number of imide groups is 1. The van der Waals surface area contributed by atoms with Crippen molar-refractivity contribution >= 4 is 17.4 Å². The van der Waals surface area contributed by atoms with Gasteiger partial charge in [-0.3, -0.25) is 14.5 Å². The van der Waals surface area contributed by atoms with Crippen LogP contribution in [0, 0.1) is 0 Å². The Labute approximate surface area is 173 Å². The van der Waals surface area contributed by atoms with Crippen molar-refractivity contribution in [3.05, 3.63) is 35.5 Å². The minimum atomic E-state index is -0.200. The minimum Gasteiger partial charge on any atom is -0.497 e. The molecule has 158 valence electrons. The number of hydrogen-bond donors (Lipinski definition) is 0. The molecule has 1 aromatic rings. The van der Waals surface area contributed by atoms with Gasteiger partial charge >= 0.3 is 0 Å². The molecule has 0 aliphatic carbocycles. The largest absolute Gasteiger partial charge is 0.497 e. The second-order valence-electron chi connectivity index (χ2n) is 7.58. The Morgan fingerprint density at radius 2 is 1.62 bits per heavy atom. The van der Waals surface area contributed by atoms with Crippen LogP contribution in [0.5, 0.6) is 5.75 Å². The molecule has 1 saturated heterocycles. The number of unbranched alkanes of at least 4 members (excludes halogenated alkanes) is 1. The predicted molar refractivity (Wildman–Crippen MR) is 112 cm³/mol. The van der Waals surface area contributed by atoms with Gasteiger partial charge in [0.15, 0.2) is 0 Å². The Balaban J connectivity index is 1.78. The lowest BCUT2D eigenvalue weighted by Crippen LogP contribution is -2.37. The number of ether oxygens (including phenoxy) is 2. The van der Waals surface area contributed by atoms with Crippen LogP contribution in [-0.4, -0.2) is 61.6 Å². The molecule has 2 aliphatic heterocycles. The zero-order valence-corrected chi connectivity index (χ0v) is 17.6. The molecule has 3 rings (SSSR count). The molecular formula is C23H32N2O4.